The lowest BCUT2D eigenvalue weighted by molar-refractivity contribution is 0.201. The molecule has 0 saturated heterocycles. The van der Waals surface area contributed by atoms with E-state index in [4.69, 9.17) is 4.74 Å². The molecule has 0 unspecified atom stereocenters. The zero-order valence-electron chi connectivity index (χ0n) is 9.54. The summed E-state index contributed by atoms with van der Waals surface area (Å²) in [5.41, 5.74) is 1.43. The fourth-order valence-corrected chi connectivity index (χ4v) is 2.05. The van der Waals surface area contributed by atoms with Gasteiger partial charge in [0.2, 0.25) is 0 Å². The van der Waals surface area contributed by atoms with E-state index < -0.39 is 6.09 Å². The molecule has 0 atom stereocenters. The van der Waals surface area contributed by atoms with Gasteiger partial charge in [-0.1, -0.05) is 30.3 Å². The van der Waals surface area contributed by atoms with Crippen molar-refractivity contribution in [2.45, 2.75) is 6.54 Å². The lowest BCUT2D eigenvalue weighted by atomic mass is 10.2. The molecule has 18 heavy (non-hydrogen) atoms. The molecule has 1 aliphatic rings. The molecule has 0 saturated carbocycles. The van der Waals surface area contributed by atoms with E-state index in [1.165, 1.54) is 4.90 Å². The number of anilines is 1. The highest BCUT2D eigenvalue weighted by molar-refractivity contribution is 5.88. The molecule has 0 radical (unpaired) electrons. The second kappa shape index (κ2) is 4.07. The highest BCUT2D eigenvalue weighted by Crippen LogP contribution is 2.38. The Balaban J connectivity index is 2.17. The number of carboxylic acid groups (broad SMARTS) is 1. The van der Waals surface area contributed by atoms with Crippen LogP contribution < -0.4 is 9.64 Å². The van der Waals surface area contributed by atoms with E-state index in [1.807, 2.05) is 30.3 Å². The minimum atomic E-state index is -0.984. The van der Waals surface area contributed by atoms with Gasteiger partial charge in [-0.15, -0.1) is 0 Å². The van der Waals surface area contributed by atoms with Gasteiger partial charge in [0.1, 0.15) is 5.75 Å². The largest absolute Gasteiger partial charge is 0.465 e. The molecule has 0 spiro atoms. The first kappa shape index (κ1) is 10.7. The topological polar surface area (TPSA) is 49.8 Å². The lowest BCUT2D eigenvalue weighted by Gasteiger charge is -2.17. The molecule has 0 aliphatic carbocycles. The van der Waals surface area contributed by atoms with E-state index in [0.717, 1.165) is 5.56 Å². The summed E-state index contributed by atoms with van der Waals surface area (Å²) >= 11 is 0. The maximum absolute atomic E-state index is 11.4. The van der Waals surface area contributed by atoms with Gasteiger partial charge < -0.3 is 9.84 Å². The van der Waals surface area contributed by atoms with Crippen LogP contribution in [-0.2, 0) is 6.54 Å². The number of carbonyl (C=O) groups is 1. The number of para-hydroxylation sites is 3. The van der Waals surface area contributed by atoms with Crippen LogP contribution >= 0.6 is 0 Å². The third-order valence-electron chi connectivity index (χ3n) is 2.91. The molecule has 1 N–H and O–H groups in total. The zero-order valence-corrected chi connectivity index (χ0v) is 9.54. The summed E-state index contributed by atoms with van der Waals surface area (Å²) in [5, 5.41) is 9.31. The number of hydrogen-bond donors (Lipinski definition) is 1. The number of amides is 1. The van der Waals surface area contributed by atoms with Gasteiger partial charge in [-0.3, -0.25) is 4.90 Å². The summed E-state index contributed by atoms with van der Waals surface area (Å²) in [4.78, 5) is 12.6. The molecule has 1 amide bonds. The maximum atomic E-state index is 11.4. The van der Waals surface area contributed by atoms with Crippen LogP contribution in [0.5, 0.6) is 11.5 Å². The van der Waals surface area contributed by atoms with Crippen LogP contribution in [0.4, 0.5) is 10.5 Å². The molecule has 1 aliphatic heterocycles. The fraction of sp³-hybridized carbons (Fsp3) is 0.0714. The Bertz CT molecular complexity index is 609. The molecule has 1 heterocycles. The molecule has 0 fully saturated rings. The highest BCUT2D eigenvalue weighted by atomic mass is 16.5. The first-order valence-electron chi connectivity index (χ1n) is 5.61. The van der Waals surface area contributed by atoms with E-state index in [-0.39, 0.29) is 0 Å². The van der Waals surface area contributed by atoms with Crippen LogP contribution in [0.3, 0.4) is 0 Å². The predicted octanol–water partition coefficient (Wildman–Crippen LogP) is 3.48. The Hall–Kier alpha value is -2.49. The Morgan fingerprint density at radius 3 is 2.50 bits per heavy atom. The van der Waals surface area contributed by atoms with E-state index >= 15 is 0 Å². The summed E-state index contributed by atoms with van der Waals surface area (Å²) in [7, 11) is 0. The fourth-order valence-electron chi connectivity index (χ4n) is 2.05. The van der Waals surface area contributed by atoms with Crippen molar-refractivity contribution in [3.05, 3.63) is 54.1 Å². The van der Waals surface area contributed by atoms with Crippen LogP contribution in [0.15, 0.2) is 48.5 Å². The van der Waals surface area contributed by atoms with Crippen molar-refractivity contribution in [3.8, 4) is 11.5 Å². The Morgan fingerprint density at radius 1 is 1.06 bits per heavy atom. The van der Waals surface area contributed by atoms with E-state index in [9.17, 15) is 9.90 Å². The monoisotopic (exact) mass is 241 g/mol. The predicted molar refractivity (Wildman–Crippen MR) is 67.2 cm³/mol. The van der Waals surface area contributed by atoms with E-state index in [2.05, 4.69) is 0 Å². The molecule has 4 nitrogen and oxygen atoms in total. The number of benzene rings is 2. The second-order valence-corrected chi connectivity index (χ2v) is 4.05. The van der Waals surface area contributed by atoms with Gasteiger partial charge in [0.05, 0.1) is 12.2 Å². The number of ether oxygens (including phenoxy) is 1. The average molecular weight is 241 g/mol. The first-order chi connectivity index (χ1) is 8.75. The third kappa shape index (κ3) is 1.68. The third-order valence-corrected chi connectivity index (χ3v) is 2.91. The molecule has 4 heteroatoms. The molecule has 2 aromatic rings. The van der Waals surface area contributed by atoms with Crippen molar-refractivity contribution in [1.29, 1.82) is 0 Å². The summed E-state index contributed by atoms with van der Waals surface area (Å²) < 4.78 is 5.78. The molecule has 0 bridgehead atoms. The van der Waals surface area contributed by atoms with Gasteiger partial charge in [-0.2, -0.15) is 0 Å². The van der Waals surface area contributed by atoms with Gasteiger partial charge in [0, 0.05) is 5.56 Å². The van der Waals surface area contributed by atoms with Crippen molar-refractivity contribution in [3.63, 3.8) is 0 Å². The Labute approximate surface area is 104 Å². The summed E-state index contributed by atoms with van der Waals surface area (Å²) in [6.45, 7) is 0.294. The van der Waals surface area contributed by atoms with Gasteiger partial charge in [-0.25, -0.2) is 4.79 Å². The molecule has 2 aromatic carbocycles. The lowest BCUT2D eigenvalue weighted by Crippen LogP contribution is -2.27. The molecule has 90 valence electrons. The normalized spacial score (nSPS) is 13.0. The summed E-state index contributed by atoms with van der Waals surface area (Å²) in [5.74, 6) is 1.26. The molecule has 3 rings (SSSR count). The van der Waals surface area contributed by atoms with Gasteiger partial charge in [-0.05, 0) is 18.2 Å². The number of hydrogen-bond acceptors (Lipinski definition) is 2. The zero-order chi connectivity index (χ0) is 12.5. The van der Waals surface area contributed by atoms with Crippen LogP contribution in [0.1, 0.15) is 5.56 Å². The minimum absolute atomic E-state index is 0.294. The second-order valence-electron chi connectivity index (χ2n) is 4.05. The first-order valence-corrected chi connectivity index (χ1v) is 5.61. The standard InChI is InChI=1S/C14H11NO3/c16-14(17)15-9-10-5-1-3-7-12(10)18-13-8-4-2-6-11(13)15/h1-8H,9H2,(H,16,17). The van der Waals surface area contributed by atoms with E-state index in [0.29, 0.717) is 23.7 Å². The van der Waals surface area contributed by atoms with Gasteiger partial charge in [0.15, 0.2) is 5.75 Å². The van der Waals surface area contributed by atoms with Gasteiger partial charge >= 0.3 is 6.09 Å². The Morgan fingerprint density at radius 2 is 1.72 bits per heavy atom. The smallest absolute Gasteiger partial charge is 0.412 e. The van der Waals surface area contributed by atoms with Crippen molar-refractivity contribution in [2.24, 2.45) is 0 Å². The molecular formula is C14H11NO3. The van der Waals surface area contributed by atoms with Crippen LogP contribution in [0, 0.1) is 0 Å². The number of nitrogens with zero attached hydrogens (tertiary/aromatic N) is 1. The van der Waals surface area contributed by atoms with E-state index in [1.54, 1.807) is 18.2 Å². The SMILES string of the molecule is O=C(O)N1Cc2ccccc2Oc2ccccc21. The van der Waals surface area contributed by atoms with Gasteiger partial charge in [0.25, 0.3) is 0 Å². The molecule has 0 aromatic heterocycles. The average Bonchev–Trinajstić information content (AvgIpc) is 2.55. The van der Waals surface area contributed by atoms with Crippen LogP contribution in [-0.4, -0.2) is 11.2 Å². The highest BCUT2D eigenvalue weighted by Gasteiger charge is 2.24. The molecular weight excluding hydrogens is 230 g/mol. The van der Waals surface area contributed by atoms with Crippen LogP contribution in [0.25, 0.3) is 0 Å². The van der Waals surface area contributed by atoms with Crippen LogP contribution in [0.2, 0.25) is 0 Å². The Kier molecular flexibility index (Phi) is 2.41. The van der Waals surface area contributed by atoms with Crippen molar-refractivity contribution >= 4 is 11.8 Å². The number of fused-ring (bicyclic) bond motifs is 2. The number of rotatable bonds is 0. The van der Waals surface area contributed by atoms with Crippen molar-refractivity contribution in [2.75, 3.05) is 4.90 Å². The van der Waals surface area contributed by atoms with Crippen molar-refractivity contribution < 1.29 is 14.6 Å². The maximum Gasteiger partial charge on any atom is 0.412 e. The quantitative estimate of drug-likeness (QED) is 0.768. The van der Waals surface area contributed by atoms with Crippen molar-refractivity contribution in [1.82, 2.24) is 0 Å². The summed E-state index contributed by atoms with van der Waals surface area (Å²) in [6, 6.07) is 14.6. The minimum Gasteiger partial charge on any atom is -0.465 e. The summed E-state index contributed by atoms with van der Waals surface area (Å²) in [6.07, 6.45) is -0.984.